The molecule has 0 bridgehead atoms. The Morgan fingerprint density at radius 3 is 3.10 bits per heavy atom. The fourth-order valence-electron chi connectivity index (χ4n) is 1.32. The molecule has 2 unspecified atom stereocenters. The topological polar surface area (TPSA) is 24.4 Å². The van der Waals surface area contributed by atoms with E-state index in [-0.39, 0.29) is 0 Å². The highest BCUT2D eigenvalue weighted by Crippen LogP contribution is 2.14. The van der Waals surface area contributed by atoms with Gasteiger partial charge in [0.05, 0.1) is 12.4 Å². The maximum Gasteiger partial charge on any atom is 0.0828 e. The van der Waals surface area contributed by atoms with Gasteiger partial charge in [-0.15, -0.1) is 0 Å². The maximum atomic E-state index is 4.14. The molecule has 2 aliphatic rings. The molecule has 10 heavy (non-hydrogen) atoms. The van der Waals surface area contributed by atoms with E-state index < -0.39 is 0 Å². The minimum absolute atomic E-state index is 0.488. The van der Waals surface area contributed by atoms with Crippen molar-refractivity contribution >= 4 is 6.34 Å². The van der Waals surface area contributed by atoms with Crippen molar-refractivity contribution in [1.82, 2.24) is 5.32 Å². The van der Waals surface area contributed by atoms with Crippen LogP contribution < -0.4 is 5.32 Å². The van der Waals surface area contributed by atoms with Crippen molar-refractivity contribution in [2.45, 2.75) is 6.04 Å². The second-order valence-corrected chi connectivity index (χ2v) is 2.62. The number of rotatable bonds is 0. The van der Waals surface area contributed by atoms with Crippen molar-refractivity contribution in [3.8, 4) is 0 Å². The molecular formula is C8H10N2. The number of hydrogen-bond donors (Lipinski definition) is 1. The van der Waals surface area contributed by atoms with Crippen molar-refractivity contribution < 1.29 is 0 Å². The van der Waals surface area contributed by atoms with Crippen molar-refractivity contribution in [3.63, 3.8) is 0 Å². The summed E-state index contributed by atoms with van der Waals surface area (Å²) in [5.41, 5.74) is 0. The Morgan fingerprint density at radius 2 is 2.20 bits per heavy atom. The molecule has 1 heterocycles. The van der Waals surface area contributed by atoms with E-state index in [0.717, 1.165) is 6.54 Å². The first-order chi connectivity index (χ1) is 4.97. The number of aliphatic imine (C=N–C) groups is 1. The van der Waals surface area contributed by atoms with Gasteiger partial charge in [-0.3, -0.25) is 4.99 Å². The molecule has 1 aliphatic heterocycles. The van der Waals surface area contributed by atoms with Crippen LogP contribution in [-0.2, 0) is 0 Å². The van der Waals surface area contributed by atoms with Crippen LogP contribution >= 0.6 is 0 Å². The van der Waals surface area contributed by atoms with Gasteiger partial charge in [-0.05, 0) is 0 Å². The van der Waals surface area contributed by atoms with Crippen LogP contribution in [0.2, 0.25) is 0 Å². The van der Waals surface area contributed by atoms with Gasteiger partial charge in [0.2, 0.25) is 0 Å². The summed E-state index contributed by atoms with van der Waals surface area (Å²) in [6.07, 6.45) is 10.3. The van der Waals surface area contributed by atoms with Crippen molar-refractivity contribution in [1.29, 1.82) is 0 Å². The molecule has 2 nitrogen and oxygen atoms in total. The first kappa shape index (κ1) is 5.71. The minimum atomic E-state index is 0.488. The van der Waals surface area contributed by atoms with Gasteiger partial charge < -0.3 is 5.32 Å². The Labute approximate surface area is 60.3 Å². The summed E-state index contributed by atoms with van der Waals surface area (Å²) in [5, 5.41) is 3.19. The van der Waals surface area contributed by atoms with E-state index in [1.807, 2.05) is 0 Å². The highest BCUT2D eigenvalue weighted by molar-refractivity contribution is 5.57. The van der Waals surface area contributed by atoms with Gasteiger partial charge in [0.25, 0.3) is 0 Å². The highest BCUT2D eigenvalue weighted by atomic mass is 15.0. The zero-order chi connectivity index (χ0) is 6.81. The van der Waals surface area contributed by atoms with Gasteiger partial charge in [-0.2, -0.15) is 0 Å². The normalized spacial score (nSPS) is 35.2. The Hall–Kier alpha value is -1.05. The van der Waals surface area contributed by atoms with Crippen molar-refractivity contribution in [2.75, 3.05) is 6.54 Å². The standard InChI is InChI=1S/C8H10N2/c1-2-4-8-7(3-1)5-9-6-10-8/h1-4,6-8H,5H2,(H,9,10). The number of nitrogens with zero attached hydrogens (tertiary/aromatic N) is 1. The van der Waals surface area contributed by atoms with E-state index in [1.54, 1.807) is 6.34 Å². The lowest BCUT2D eigenvalue weighted by molar-refractivity contribution is 0.523. The quantitative estimate of drug-likeness (QED) is 0.519. The third-order valence-electron chi connectivity index (χ3n) is 1.92. The van der Waals surface area contributed by atoms with Gasteiger partial charge >= 0.3 is 0 Å². The summed E-state index contributed by atoms with van der Waals surface area (Å²) in [6.45, 7) is 0.929. The van der Waals surface area contributed by atoms with Crippen LogP contribution in [0.4, 0.5) is 0 Å². The molecule has 0 radical (unpaired) electrons. The molecule has 0 aromatic heterocycles. The van der Waals surface area contributed by atoms with E-state index in [4.69, 9.17) is 0 Å². The van der Waals surface area contributed by atoms with Crippen LogP contribution in [0, 0.1) is 5.92 Å². The molecule has 52 valence electrons. The molecule has 0 fully saturated rings. The van der Waals surface area contributed by atoms with E-state index in [1.165, 1.54) is 0 Å². The molecule has 0 aromatic rings. The largest absolute Gasteiger partial charge is 0.370 e. The van der Waals surface area contributed by atoms with E-state index in [2.05, 4.69) is 34.6 Å². The number of fused-ring (bicyclic) bond motifs is 1. The molecule has 2 heteroatoms. The van der Waals surface area contributed by atoms with E-state index in [9.17, 15) is 0 Å². The lowest BCUT2D eigenvalue weighted by atomic mass is 9.95. The molecule has 0 saturated heterocycles. The SMILES string of the molecule is C1=CC2CN=CNC2C=C1. The molecule has 0 saturated carbocycles. The van der Waals surface area contributed by atoms with Crippen LogP contribution in [0.1, 0.15) is 0 Å². The summed E-state index contributed by atoms with van der Waals surface area (Å²) in [6, 6.07) is 0.488. The zero-order valence-electron chi connectivity index (χ0n) is 5.70. The Kier molecular flexibility index (Phi) is 1.31. The third kappa shape index (κ3) is 0.856. The van der Waals surface area contributed by atoms with Gasteiger partial charge in [0.1, 0.15) is 0 Å². The zero-order valence-corrected chi connectivity index (χ0v) is 5.70. The van der Waals surface area contributed by atoms with E-state index in [0.29, 0.717) is 12.0 Å². The summed E-state index contributed by atoms with van der Waals surface area (Å²) in [7, 11) is 0. The number of nitrogens with one attached hydrogen (secondary N) is 1. The Bertz CT molecular complexity index is 181. The average molecular weight is 134 g/mol. The lowest BCUT2D eigenvalue weighted by Gasteiger charge is -2.25. The summed E-state index contributed by atoms with van der Waals surface area (Å²) in [4.78, 5) is 4.14. The first-order valence-corrected chi connectivity index (χ1v) is 3.56. The molecule has 0 spiro atoms. The Balaban J connectivity index is 2.19. The van der Waals surface area contributed by atoms with Crippen molar-refractivity contribution in [3.05, 3.63) is 24.3 Å². The second-order valence-electron chi connectivity index (χ2n) is 2.62. The molecule has 0 amide bonds. The fourth-order valence-corrected chi connectivity index (χ4v) is 1.32. The first-order valence-electron chi connectivity index (χ1n) is 3.56. The smallest absolute Gasteiger partial charge is 0.0828 e. The fraction of sp³-hybridized carbons (Fsp3) is 0.375. The average Bonchev–Trinajstić information content (AvgIpc) is 2.05. The molecule has 2 atom stereocenters. The van der Waals surface area contributed by atoms with E-state index >= 15 is 0 Å². The van der Waals surface area contributed by atoms with Crippen molar-refractivity contribution in [2.24, 2.45) is 10.9 Å². The molecule has 2 rings (SSSR count). The highest BCUT2D eigenvalue weighted by Gasteiger charge is 2.18. The van der Waals surface area contributed by atoms with Crippen LogP contribution in [0.5, 0.6) is 0 Å². The number of allylic oxidation sites excluding steroid dienone is 2. The predicted molar refractivity (Wildman–Crippen MR) is 42.1 cm³/mol. The third-order valence-corrected chi connectivity index (χ3v) is 1.92. The monoisotopic (exact) mass is 134 g/mol. The van der Waals surface area contributed by atoms with Crippen LogP contribution in [0.25, 0.3) is 0 Å². The lowest BCUT2D eigenvalue weighted by Crippen LogP contribution is -2.38. The Morgan fingerprint density at radius 1 is 1.30 bits per heavy atom. The maximum absolute atomic E-state index is 4.14. The van der Waals surface area contributed by atoms with Crippen LogP contribution in [-0.4, -0.2) is 18.9 Å². The summed E-state index contributed by atoms with van der Waals surface area (Å²) >= 11 is 0. The van der Waals surface area contributed by atoms with Gasteiger partial charge in [-0.25, -0.2) is 0 Å². The van der Waals surface area contributed by atoms with Crippen LogP contribution in [0.15, 0.2) is 29.3 Å². The molecular weight excluding hydrogens is 124 g/mol. The minimum Gasteiger partial charge on any atom is -0.370 e. The van der Waals surface area contributed by atoms with Gasteiger partial charge in [-0.1, -0.05) is 24.3 Å². The van der Waals surface area contributed by atoms with Crippen LogP contribution in [0.3, 0.4) is 0 Å². The predicted octanol–water partition coefficient (Wildman–Crippen LogP) is 0.729. The molecule has 1 aliphatic carbocycles. The second kappa shape index (κ2) is 2.29. The van der Waals surface area contributed by atoms with Gasteiger partial charge in [0, 0.05) is 12.5 Å². The number of hydrogen-bond acceptors (Lipinski definition) is 2. The summed E-state index contributed by atoms with van der Waals surface area (Å²) < 4.78 is 0. The van der Waals surface area contributed by atoms with Gasteiger partial charge in [0.15, 0.2) is 0 Å². The molecule has 0 aromatic carbocycles. The summed E-state index contributed by atoms with van der Waals surface area (Å²) in [5.74, 6) is 0.579. The molecule has 1 N–H and O–H groups in total.